The van der Waals surface area contributed by atoms with E-state index in [9.17, 15) is 9.59 Å². The molecule has 0 aliphatic carbocycles. The third-order valence-corrected chi connectivity index (χ3v) is 3.48. The van der Waals surface area contributed by atoms with E-state index in [4.69, 9.17) is 5.11 Å². The van der Waals surface area contributed by atoms with Crippen molar-refractivity contribution in [2.75, 3.05) is 11.1 Å². The Morgan fingerprint density at radius 3 is 2.90 bits per heavy atom. The van der Waals surface area contributed by atoms with E-state index in [1.807, 2.05) is 0 Å². The Kier molecular flexibility index (Phi) is 4.36. The predicted molar refractivity (Wildman–Crippen MR) is 73.9 cm³/mol. The van der Waals surface area contributed by atoms with Crippen LogP contribution in [0.25, 0.3) is 0 Å². The number of hydrogen-bond acceptors (Lipinski definition) is 5. The van der Waals surface area contributed by atoms with E-state index < -0.39 is 5.97 Å². The monoisotopic (exact) mass is 292 g/mol. The van der Waals surface area contributed by atoms with Crippen molar-refractivity contribution in [3.63, 3.8) is 0 Å². The Bertz CT molecular complexity index is 628. The molecule has 0 unspecified atom stereocenters. The number of carboxylic acids is 1. The van der Waals surface area contributed by atoms with E-state index in [1.165, 1.54) is 24.0 Å². The van der Waals surface area contributed by atoms with Gasteiger partial charge in [-0.1, -0.05) is 17.8 Å². The molecule has 0 bridgehead atoms. The minimum absolute atomic E-state index is 0.170. The first-order valence-electron chi connectivity index (χ1n) is 5.69. The number of amides is 1. The first-order chi connectivity index (χ1) is 9.58. The van der Waals surface area contributed by atoms with Gasteiger partial charge in [0.1, 0.15) is 5.03 Å². The second-order valence-corrected chi connectivity index (χ2v) is 4.92. The normalized spacial score (nSPS) is 10.2. The van der Waals surface area contributed by atoms with Gasteiger partial charge in [0.15, 0.2) is 0 Å². The van der Waals surface area contributed by atoms with Gasteiger partial charge >= 0.3 is 5.97 Å². The zero-order valence-electron chi connectivity index (χ0n) is 10.6. The van der Waals surface area contributed by atoms with Crippen molar-refractivity contribution in [3.05, 3.63) is 35.5 Å². The molecule has 3 N–H and O–H groups in total. The highest BCUT2D eigenvalue weighted by Gasteiger charge is 2.12. The molecule has 7 nitrogen and oxygen atoms in total. The second-order valence-electron chi connectivity index (χ2n) is 3.93. The van der Waals surface area contributed by atoms with Crippen LogP contribution in [0, 0.1) is 6.92 Å². The number of anilines is 1. The standard InChI is InChI=1S/C12H12N4O3S/c1-7-8(12(18)19)3-2-4-9(7)14-10(17)6-20-11-5-13-16-15-11/h2-5H,6H2,1H3,(H,14,17)(H,18,19)(H,13,15,16). The quantitative estimate of drug-likeness (QED) is 0.721. The number of carboxylic acid groups (broad SMARTS) is 1. The molecule has 0 radical (unpaired) electrons. The number of carbonyl (C=O) groups excluding carboxylic acids is 1. The van der Waals surface area contributed by atoms with Crippen molar-refractivity contribution >= 4 is 29.3 Å². The van der Waals surface area contributed by atoms with Crippen LogP contribution in [0.15, 0.2) is 29.4 Å². The van der Waals surface area contributed by atoms with Crippen LogP contribution in [-0.4, -0.2) is 38.1 Å². The molecule has 1 heterocycles. The molecule has 0 saturated heterocycles. The van der Waals surface area contributed by atoms with E-state index in [1.54, 1.807) is 19.1 Å². The highest BCUT2D eigenvalue weighted by Crippen LogP contribution is 2.20. The van der Waals surface area contributed by atoms with Crippen molar-refractivity contribution in [1.29, 1.82) is 0 Å². The van der Waals surface area contributed by atoms with Crippen molar-refractivity contribution in [2.24, 2.45) is 0 Å². The van der Waals surface area contributed by atoms with Gasteiger partial charge in [-0.3, -0.25) is 4.79 Å². The summed E-state index contributed by atoms with van der Waals surface area (Å²) in [6.45, 7) is 1.66. The summed E-state index contributed by atoms with van der Waals surface area (Å²) >= 11 is 1.24. The molecule has 1 aromatic carbocycles. The number of aromatic nitrogens is 3. The number of aromatic amines is 1. The minimum Gasteiger partial charge on any atom is -0.478 e. The number of carbonyl (C=O) groups is 2. The van der Waals surface area contributed by atoms with Crippen molar-refractivity contribution in [2.45, 2.75) is 11.9 Å². The van der Waals surface area contributed by atoms with Gasteiger partial charge in [-0.05, 0) is 24.6 Å². The molecule has 0 aliphatic rings. The van der Waals surface area contributed by atoms with Crippen LogP contribution >= 0.6 is 11.8 Å². The summed E-state index contributed by atoms with van der Waals surface area (Å²) in [7, 11) is 0. The number of rotatable bonds is 5. The smallest absolute Gasteiger partial charge is 0.336 e. The molecule has 2 rings (SSSR count). The molecule has 104 valence electrons. The molecule has 8 heteroatoms. The Morgan fingerprint density at radius 1 is 1.45 bits per heavy atom. The summed E-state index contributed by atoms with van der Waals surface area (Å²) < 4.78 is 0. The molecule has 0 saturated carbocycles. The molecule has 0 spiro atoms. The number of benzene rings is 1. The summed E-state index contributed by atoms with van der Waals surface area (Å²) in [6, 6.07) is 4.76. The van der Waals surface area contributed by atoms with Gasteiger partial charge in [0, 0.05) is 5.69 Å². The molecular weight excluding hydrogens is 280 g/mol. The fourth-order valence-electron chi connectivity index (χ4n) is 1.59. The SMILES string of the molecule is Cc1c(NC(=O)CSc2cn[nH]n2)cccc1C(=O)O. The van der Waals surface area contributed by atoms with Crippen LogP contribution in [0.3, 0.4) is 0 Å². The zero-order valence-corrected chi connectivity index (χ0v) is 11.4. The third-order valence-electron chi connectivity index (χ3n) is 2.58. The molecule has 2 aromatic rings. The summed E-state index contributed by atoms with van der Waals surface area (Å²) in [5, 5.41) is 22.2. The van der Waals surface area contributed by atoms with Crippen molar-refractivity contribution in [3.8, 4) is 0 Å². The lowest BCUT2D eigenvalue weighted by Crippen LogP contribution is -2.15. The van der Waals surface area contributed by atoms with Crippen molar-refractivity contribution < 1.29 is 14.7 Å². The topological polar surface area (TPSA) is 108 Å². The van der Waals surface area contributed by atoms with Gasteiger partial charge in [0.2, 0.25) is 5.91 Å². The predicted octanol–water partition coefficient (Wildman–Crippen LogP) is 1.54. The van der Waals surface area contributed by atoms with E-state index in [2.05, 4.69) is 20.7 Å². The lowest BCUT2D eigenvalue weighted by molar-refractivity contribution is -0.113. The van der Waals surface area contributed by atoms with E-state index in [-0.39, 0.29) is 17.2 Å². The summed E-state index contributed by atoms with van der Waals surface area (Å²) in [4.78, 5) is 22.8. The summed E-state index contributed by atoms with van der Waals surface area (Å²) in [5.41, 5.74) is 1.20. The van der Waals surface area contributed by atoms with E-state index in [0.717, 1.165) is 0 Å². The van der Waals surface area contributed by atoms with Crippen LogP contribution in [0.5, 0.6) is 0 Å². The molecule has 0 atom stereocenters. The Hall–Kier alpha value is -2.35. The number of H-pyrrole nitrogens is 1. The fraction of sp³-hybridized carbons (Fsp3) is 0.167. The summed E-state index contributed by atoms with van der Waals surface area (Å²) in [5.74, 6) is -1.08. The molecule has 1 aromatic heterocycles. The molecule has 20 heavy (non-hydrogen) atoms. The Morgan fingerprint density at radius 2 is 2.25 bits per heavy atom. The van der Waals surface area contributed by atoms with E-state index >= 15 is 0 Å². The van der Waals surface area contributed by atoms with Gasteiger partial charge in [0.25, 0.3) is 0 Å². The molecule has 1 amide bonds. The van der Waals surface area contributed by atoms with Crippen LogP contribution in [0.1, 0.15) is 15.9 Å². The molecule has 0 aliphatic heterocycles. The number of thioether (sulfide) groups is 1. The summed E-state index contributed by atoms with van der Waals surface area (Å²) in [6.07, 6.45) is 1.52. The van der Waals surface area contributed by atoms with Crippen LogP contribution < -0.4 is 5.32 Å². The molecule has 0 fully saturated rings. The maximum atomic E-state index is 11.8. The maximum absolute atomic E-state index is 11.8. The average molecular weight is 292 g/mol. The second kappa shape index (κ2) is 6.20. The van der Waals surface area contributed by atoms with E-state index in [0.29, 0.717) is 16.3 Å². The lowest BCUT2D eigenvalue weighted by atomic mass is 10.1. The van der Waals surface area contributed by atoms with Gasteiger partial charge in [-0.15, -0.1) is 5.10 Å². The number of nitrogens with zero attached hydrogens (tertiary/aromatic N) is 2. The highest BCUT2D eigenvalue weighted by molar-refractivity contribution is 7.99. The number of hydrogen-bond donors (Lipinski definition) is 3. The first-order valence-corrected chi connectivity index (χ1v) is 6.68. The highest BCUT2D eigenvalue weighted by atomic mass is 32.2. The fourth-order valence-corrected chi connectivity index (χ4v) is 2.17. The minimum atomic E-state index is -1.02. The zero-order chi connectivity index (χ0) is 14.5. The van der Waals surface area contributed by atoms with Crippen LogP contribution in [0.4, 0.5) is 5.69 Å². The molecular formula is C12H12N4O3S. The maximum Gasteiger partial charge on any atom is 0.336 e. The Labute approximate surface area is 118 Å². The average Bonchev–Trinajstić information content (AvgIpc) is 2.91. The van der Waals surface area contributed by atoms with Crippen molar-refractivity contribution in [1.82, 2.24) is 15.4 Å². The van der Waals surface area contributed by atoms with Gasteiger partial charge in [-0.25, -0.2) is 4.79 Å². The Balaban J connectivity index is 2.01. The largest absolute Gasteiger partial charge is 0.478 e. The van der Waals surface area contributed by atoms with Gasteiger partial charge in [-0.2, -0.15) is 10.3 Å². The third kappa shape index (κ3) is 3.35. The lowest BCUT2D eigenvalue weighted by Gasteiger charge is -2.09. The van der Waals surface area contributed by atoms with Gasteiger partial charge in [0.05, 0.1) is 17.5 Å². The van der Waals surface area contributed by atoms with Crippen LogP contribution in [0.2, 0.25) is 0 Å². The number of aromatic carboxylic acids is 1. The first kappa shape index (κ1) is 14.1. The number of nitrogens with one attached hydrogen (secondary N) is 2. The van der Waals surface area contributed by atoms with Gasteiger partial charge < -0.3 is 10.4 Å². The van der Waals surface area contributed by atoms with Crippen LogP contribution in [-0.2, 0) is 4.79 Å².